The molecule has 0 aliphatic carbocycles. The van der Waals surface area contributed by atoms with E-state index >= 15 is 0 Å². The lowest BCUT2D eigenvalue weighted by Crippen LogP contribution is -2.34. The van der Waals surface area contributed by atoms with Gasteiger partial charge in [-0.25, -0.2) is 0 Å². The Balaban J connectivity index is 2.76. The summed E-state index contributed by atoms with van der Waals surface area (Å²) in [5, 5.41) is 18.0. The van der Waals surface area contributed by atoms with E-state index in [0.29, 0.717) is 13.1 Å². The fourth-order valence-corrected chi connectivity index (χ4v) is 0.910. The molecule has 0 radical (unpaired) electrons. The minimum absolute atomic E-state index is 0.206. The van der Waals surface area contributed by atoms with Gasteiger partial charge in [0.25, 0.3) is 0 Å². The van der Waals surface area contributed by atoms with Crippen molar-refractivity contribution in [1.82, 2.24) is 16.0 Å². The molecule has 0 amide bonds. The first-order chi connectivity index (χ1) is 6.41. The van der Waals surface area contributed by atoms with Gasteiger partial charge in [0.15, 0.2) is 0 Å². The van der Waals surface area contributed by atoms with Gasteiger partial charge >= 0.3 is 0 Å². The van der Waals surface area contributed by atoms with Crippen molar-refractivity contribution in [2.24, 2.45) is 5.73 Å². The molecule has 0 saturated carbocycles. The molecule has 0 aliphatic rings. The van der Waals surface area contributed by atoms with Gasteiger partial charge in [-0.15, -0.1) is 0 Å². The van der Waals surface area contributed by atoms with Gasteiger partial charge in [0.1, 0.15) is 0 Å². The molecule has 0 bridgehead atoms. The van der Waals surface area contributed by atoms with E-state index < -0.39 is 0 Å². The van der Waals surface area contributed by atoms with E-state index in [9.17, 15) is 0 Å². The minimum Gasteiger partial charge on any atom is -0.395 e. The number of rotatable bonds is 10. The topological polar surface area (TPSA) is 82.3 Å². The lowest BCUT2D eigenvalue weighted by Gasteiger charge is -2.06. The van der Waals surface area contributed by atoms with Crippen LogP contribution in [0.25, 0.3) is 0 Å². The maximum Gasteiger partial charge on any atom is 0.0555 e. The highest BCUT2D eigenvalue weighted by atomic mass is 16.3. The average molecular weight is 190 g/mol. The normalized spacial score (nSPS) is 10.6. The second kappa shape index (κ2) is 11.8. The first kappa shape index (κ1) is 12.8. The highest BCUT2D eigenvalue weighted by Gasteiger charge is 1.87. The molecule has 0 spiro atoms. The summed E-state index contributed by atoms with van der Waals surface area (Å²) < 4.78 is 0. The van der Waals surface area contributed by atoms with Crippen LogP contribution in [0.1, 0.15) is 0 Å². The number of nitrogens with two attached hydrogens (primary N) is 1. The summed E-state index contributed by atoms with van der Waals surface area (Å²) in [6.45, 7) is 6.20. The van der Waals surface area contributed by atoms with E-state index in [2.05, 4.69) is 16.0 Å². The van der Waals surface area contributed by atoms with Crippen LogP contribution in [-0.2, 0) is 0 Å². The molecule has 6 N–H and O–H groups in total. The van der Waals surface area contributed by atoms with Crippen molar-refractivity contribution < 1.29 is 5.11 Å². The quantitative estimate of drug-likeness (QED) is 0.250. The number of aliphatic hydroxyl groups excluding tert-OH is 1. The number of aliphatic hydroxyl groups is 1. The van der Waals surface area contributed by atoms with Gasteiger partial charge in [-0.05, 0) is 0 Å². The zero-order valence-corrected chi connectivity index (χ0v) is 8.18. The Kier molecular flexibility index (Phi) is 11.6. The Labute approximate surface area is 80.1 Å². The van der Waals surface area contributed by atoms with Crippen molar-refractivity contribution in [2.75, 3.05) is 52.4 Å². The second-order valence-electron chi connectivity index (χ2n) is 2.76. The molecule has 0 aliphatic heterocycles. The number of hydrogen-bond donors (Lipinski definition) is 5. The predicted octanol–water partition coefficient (Wildman–Crippen LogP) is -2.29. The average Bonchev–Trinajstić information content (AvgIpc) is 2.16. The molecule has 80 valence electrons. The summed E-state index contributed by atoms with van der Waals surface area (Å²) in [5.41, 5.74) is 5.31. The van der Waals surface area contributed by atoms with E-state index in [-0.39, 0.29) is 6.61 Å². The first-order valence-electron chi connectivity index (χ1n) is 4.85. The molecule has 0 aromatic carbocycles. The lowest BCUT2D eigenvalue weighted by atomic mass is 10.5. The molecule has 13 heavy (non-hydrogen) atoms. The smallest absolute Gasteiger partial charge is 0.0555 e. The fraction of sp³-hybridized carbons (Fsp3) is 1.00. The molecule has 5 heteroatoms. The summed E-state index contributed by atoms with van der Waals surface area (Å²) in [6, 6.07) is 0. The highest BCUT2D eigenvalue weighted by molar-refractivity contribution is 4.54. The van der Waals surface area contributed by atoms with Crippen molar-refractivity contribution >= 4 is 0 Å². The summed E-state index contributed by atoms with van der Waals surface area (Å²) in [4.78, 5) is 0. The van der Waals surface area contributed by atoms with Gasteiger partial charge in [-0.1, -0.05) is 0 Å². The highest BCUT2D eigenvalue weighted by Crippen LogP contribution is 1.61. The van der Waals surface area contributed by atoms with Crippen LogP contribution in [0.3, 0.4) is 0 Å². The zero-order valence-electron chi connectivity index (χ0n) is 8.18. The van der Waals surface area contributed by atoms with E-state index in [1.807, 2.05) is 0 Å². The molecular formula is C8H22N4O. The molecule has 0 heterocycles. The van der Waals surface area contributed by atoms with Gasteiger partial charge < -0.3 is 26.8 Å². The van der Waals surface area contributed by atoms with Gasteiger partial charge in [-0.3, -0.25) is 0 Å². The predicted molar refractivity (Wildman–Crippen MR) is 54.7 cm³/mol. The van der Waals surface area contributed by atoms with Gasteiger partial charge in [0, 0.05) is 45.8 Å². The molecule has 0 aromatic rings. The third kappa shape index (κ3) is 11.8. The summed E-state index contributed by atoms with van der Waals surface area (Å²) in [7, 11) is 0. The fourth-order valence-electron chi connectivity index (χ4n) is 0.910. The van der Waals surface area contributed by atoms with Crippen LogP contribution in [0.4, 0.5) is 0 Å². The Morgan fingerprint density at radius 1 is 0.769 bits per heavy atom. The molecule has 0 aromatic heterocycles. The van der Waals surface area contributed by atoms with Crippen LogP contribution >= 0.6 is 0 Å². The molecule has 0 unspecified atom stereocenters. The van der Waals surface area contributed by atoms with Crippen molar-refractivity contribution in [3.63, 3.8) is 0 Å². The van der Waals surface area contributed by atoms with E-state index in [1.54, 1.807) is 0 Å². The standard InChI is InChI=1S/C8H22N4O/c9-1-2-10-3-4-11-5-6-12-7-8-13/h10-13H,1-9H2. The van der Waals surface area contributed by atoms with Crippen LogP contribution in [-0.4, -0.2) is 57.5 Å². The van der Waals surface area contributed by atoms with E-state index in [0.717, 1.165) is 32.7 Å². The van der Waals surface area contributed by atoms with Crippen molar-refractivity contribution in [2.45, 2.75) is 0 Å². The van der Waals surface area contributed by atoms with E-state index in [1.165, 1.54) is 0 Å². The number of nitrogens with one attached hydrogen (secondary N) is 3. The van der Waals surface area contributed by atoms with Crippen molar-refractivity contribution in [3.8, 4) is 0 Å². The molecule has 5 nitrogen and oxygen atoms in total. The summed E-state index contributed by atoms with van der Waals surface area (Å²) in [5.74, 6) is 0. The lowest BCUT2D eigenvalue weighted by molar-refractivity contribution is 0.292. The van der Waals surface area contributed by atoms with Crippen LogP contribution in [0, 0.1) is 0 Å². The van der Waals surface area contributed by atoms with Gasteiger partial charge in [0.05, 0.1) is 6.61 Å². The van der Waals surface area contributed by atoms with Gasteiger partial charge in [-0.2, -0.15) is 0 Å². The van der Waals surface area contributed by atoms with Crippen LogP contribution in [0.5, 0.6) is 0 Å². The summed E-state index contributed by atoms with van der Waals surface area (Å²) >= 11 is 0. The first-order valence-corrected chi connectivity index (χ1v) is 4.85. The van der Waals surface area contributed by atoms with Gasteiger partial charge in [0.2, 0.25) is 0 Å². The number of hydrogen-bond acceptors (Lipinski definition) is 5. The Hall–Kier alpha value is -0.200. The zero-order chi connectivity index (χ0) is 9.78. The Bertz CT molecular complexity index is 82.2. The van der Waals surface area contributed by atoms with E-state index in [4.69, 9.17) is 10.8 Å². The third-order valence-corrected chi connectivity index (χ3v) is 1.57. The Morgan fingerprint density at radius 2 is 1.23 bits per heavy atom. The largest absolute Gasteiger partial charge is 0.395 e. The molecule has 0 atom stereocenters. The van der Waals surface area contributed by atoms with Crippen LogP contribution in [0.15, 0.2) is 0 Å². The Morgan fingerprint density at radius 3 is 1.69 bits per heavy atom. The third-order valence-electron chi connectivity index (χ3n) is 1.57. The minimum atomic E-state index is 0.206. The molecule has 0 saturated heterocycles. The molecule has 0 fully saturated rings. The maximum absolute atomic E-state index is 8.46. The van der Waals surface area contributed by atoms with Crippen molar-refractivity contribution in [1.29, 1.82) is 0 Å². The SMILES string of the molecule is NCCNCCNCCNCCO. The molecular weight excluding hydrogens is 168 g/mol. The maximum atomic E-state index is 8.46. The summed E-state index contributed by atoms with van der Waals surface area (Å²) in [6.07, 6.45) is 0. The van der Waals surface area contributed by atoms with Crippen LogP contribution < -0.4 is 21.7 Å². The van der Waals surface area contributed by atoms with Crippen molar-refractivity contribution in [3.05, 3.63) is 0 Å². The van der Waals surface area contributed by atoms with Crippen LogP contribution in [0.2, 0.25) is 0 Å². The second-order valence-corrected chi connectivity index (χ2v) is 2.76. The monoisotopic (exact) mass is 190 g/mol. The molecule has 0 rings (SSSR count).